The minimum absolute atomic E-state index is 0.0769. The van der Waals surface area contributed by atoms with Gasteiger partial charge in [0.2, 0.25) is 0 Å². The average molecular weight is 151 g/mol. The van der Waals surface area contributed by atoms with E-state index >= 15 is 0 Å². The van der Waals surface area contributed by atoms with Crippen molar-refractivity contribution in [2.75, 3.05) is 0 Å². The second-order valence-corrected chi connectivity index (χ2v) is 3.21. The highest BCUT2D eigenvalue weighted by atomic mass is 15.1. The summed E-state index contributed by atoms with van der Waals surface area (Å²) in [5, 5.41) is 7.22. The van der Waals surface area contributed by atoms with Crippen molar-refractivity contribution in [2.45, 2.75) is 32.2 Å². The highest BCUT2D eigenvalue weighted by Gasteiger charge is 2.19. The molecule has 1 aliphatic rings. The molecule has 2 rings (SSSR count). The molecule has 0 aromatic carbocycles. The summed E-state index contributed by atoms with van der Waals surface area (Å²) in [4.78, 5) is 0. The maximum absolute atomic E-state index is 5.75. The van der Waals surface area contributed by atoms with E-state index in [1.807, 2.05) is 6.92 Å². The van der Waals surface area contributed by atoms with E-state index in [0.29, 0.717) is 0 Å². The number of rotatable bonds is 1. The largest absolute Gasteiger partial charge is 0.323 e. The highest BCUT2D eigenvalue weighted by Crippen LogP contribution is 2.25. The van der Waals surface area contributed by atoms with Gasteiger partial charge >= 0.3 is 0 Å². The quantitative estimate of drug-likeness (QED) is 0.627. The zero-order chi connectivity index (χ0) is 7.84. The Balaban J connectivity index is 2.42. The van der Waals surface area contributed by atoms with E-state index in [1.165, 1.54) is 17.7 Å². The normalized spacial score (nSPS) is 18.4. The van der Waals surface area contributed by atoms with E-state index in [4.69, 9.17) is 5.73 Å². The number of nitrogens with zero attached hydrogens (tertiary/aromatic N) is 1. The van der Waals surface area contributed by atoms with Crippen LogP contribution in [0.15, 0.2) is 0 Å². The van der Waals surface area contributed by atoms with Crippen molar-refractivity contribution in [3.05, 3.63) is 17.0 Å². The third-order valence-corrected chi connectivity index (χ3v) is 2.27. The summed E-state index contributed by atoms with van der Waals surface area (Å²) >= 11 is 0. The molecule has 0 saturated heterocycles. The zero-order valence-electron chi connectivity index (χ0n) is 6.72. The van der Waals surface area contributed by atoms with E-state index in [1.54, 1.807) is 0 Å². The van der Waals surface area contributed by atoms with Gasteiger partial charge in [0.25, 0.3) is 0 Å². The van der Waals surface area contributed by atoms with Gasteiger partial charge in [-0.2, -0.15) is 5.10 Å². The van der Waals surface area contributed by atoms with E-state index in [-0.39, 0.29) is 6.04 Å². The van der Waals surface area contributed by atoms with Crippen LogP contribution in [0.1, 0.15) is 36.3 Å². The number of aromatic amines is 1. The van der Waals surface area contributed by atoms with Crippen molar-refractivity contribution in [1.82, 2.24) is 10.2 Å². The third-order valence-electron chi connectivity index (χ3n) is 2.27. The van der Waals surface area contributed by atoms with Crippen molar-refractivity contribution in [1.29, 1.82) is 0 Å². The van der Waals surface area contributed by atoms with Crippen LogP contribution in [0.5, 0.6) is 0 Å². The highest BCUT2D eigenvalue weighted by molar-refractivity contribution is 5.30. The van der Waals surface area contributed by atoms with Crippen molar-refractivity contribution in [3.63, 3.8) is 0 Å². The summed E-state index contributed by atoms with van der Waals surface area (Å²) in [7, 11) is 0. The van der Waals surface area contributed by atoms with Gasteiger partial charge in [0, 0.05) is 11.7 Å². The number of aromatic nitrogens is 2. The van der Waals surface area contributed by atoms with Gasteiger partial charge in [-0.15, -0.1) is 0 Å². The summed E-state index contributed by atoms with van der Waals surface area (Å²) < 4.78 is 0. The van der Waals surface area contributed by atoms with Gasteiger partial charge in [-0.1, -0.05) is 0 Å². The Bertz CT molecular complexity index is 262. The molecular formula is C8H13N3. The van der Waals surface area contributed by atoms with Crippen LogP contribution in [0.2, 0.25) is 0 Å². The fourth-order valence-electron chi connectivity index (χ4n) is 1.72. The molecule has 1 aromatic rings. The lowest BCUT2D eigenvalue weighted by atomic mass is 10.1. The summed E-state index contributed by atoms with van der Waals surface area (Å²) in [6.45, 7) is 1.98. The number of hydrogen-bond acceptors (Lipinski definition) is 2. The molecule has 3 N–H and O–H groups in total. The van der Waals surface area contributed by atoms with Gasteiger partial charge in [0.1, 0.15) is 0 Å². The van der Waals surface area contributed by atoms with E-state index in [2.05, 4.69) is 10.2 Å². The van der Waals surface area contributed by atoms with E-state index in [0.717, 1.165) is 18.5 Å². The first kappa shape index (κ1) is 6.85. The first-order chi connectivity index (χ1) is 5.29. The monoisotopic (exact) mass is 151 g/mol. The Morgan fingerprint density at radius 2 is 2.36 bits per heavy atom. The molecule has 1 aliphatic carbocycles. The lowest BCUT2D eigenvalue weighted by molar-refractivity contribution is 0.745. The molecule has 1 aromatic heterocycles. The minimum Gasteiger partial charge on any atom is -0.323 e. The van der Waals surface area contributed by atoms with E-state index in [9.17, 15) is 0 Å². The SMILES string of the molecule is C[C@@H](N)c1n[nH]c2c1CCC2. The molecule has 0 spiro atoms. The summed E-state index contributed by atoms with van der Waals surface area (Å²) in [6, 6.07) is 0.0769. The van der Waals surface area contributed by atoms with E-state index < -0.39 is 0 Å². The topological polar surface area (TPSA) is 54.7 Å². The Kier molecular flexibility index (Phi) is 1.46. The smallest absolute Gasteiger partial charge is 0.0821 e. The fourth-order valence-corrected chi connectivity index (χ4v) is 1.72. The van der Waals surface area contributed by atoms with Gasteiger partial charge in [0.15, 0.2) is 0 Å². The summed E-state index contributed by atoms with van der Waals surface area (Å²) in [5.41, 5.74) is 9.49. The molecule has 0 bridgehead atoms. The molecule has 1 heterocycles. The Hall–Kier alpha value is -0.830. The molecule has 0 amide bonds. The zero-order valence-corrected chi connectivity index (χ0v) is 6.72. The lowest BCUT2D eigenvalue weighted by Crippen LogP contribution is -2.07. The fraction of sp³-hybridized carbons (Fsp3) is 0.625. The molecule has 0 radical (unpaired) electrons. The van der Waals surface area contributed by atoms with Crippen LogP contribution >= 0.6 is 0 Å². The van der Waals surface area contributed by atoms with Crippen molar-refractivity contribution < 1.29 is 0 Å². The second kappa shape index (κ2) is 2.34. The number of nitrogens with one attached hydrogen (secondary N) is 1. The standard InChI is InChI=1S/C8H13N3/c1-5(9)8-6-3-2-4-7(6)10-11-8/h5H,2-4,9H2,1H3,(H,10,11)/t5-/m1/s1. The maximum Gasteiger partial charge on any atom is 0.0821 e. The van der Waals surface area contributed by atoms with Gasteiger partial charge in [-0.25, -0.2) is 0 Å². The molecule has 60 valence electrons. The summed E-state index contributed by atoms with van der Waals surface area (Å²) in [5.74, 6) is 0. The number of aryl methyl sites for hydroxylation is 1. The van der Waals surface area contributed by atoms with Crippen LogP contribution in [-0.2, 0) is 12.8 Å². The number of H-pyrrole nitrogens is 1. The van der Waals surface area contributed by atoms with Crippen LogP contribution in [0.3, 0.4) is 0 Å². The molecule has 3 heteroatoms. The van der Waals surface area contributed by atoms with Crippen LogP contribution < -0.4 is 5.73 Å². The van der Waals surface area contributed by atoms with Crippen LogP contribution in [-0.4, -0.2) is 10.2 Å². The van der Waals surface area contributed by atoms with Gasteiger partial charge in [0.05, 0.1) is 5.69 Å². The second-order valence-electron chi connectivity index (χ2n) is 3.21. The van der Waals surface area contributed by atoms with Gasteiger partial charge in [-0.3, -0.25) is 5.10 Å². The average Bonchev–Trinajstić information content (AvgIpc) is 2.41. The number of hydrogen-bond donors (Lipinski definition) is 2. The first-order valence-electron chi connectivity index (χ1n) is 4.10. The van der Waals surface area contributed by atoms with Crippen molar-refractivity contribution >= 4 is 0 Å². The van der Waals surface area contributed by atoms with Crippen LogP contribution in [0.25, 0.3) is 0 Å². The maximum atomic E-state index is 5.75. The first-order valence-corrected chi connectivity index (χ1v) is 4.10. The molecule has 3 nitrogen and oxygen atoms in total. The number of fused-ring (bicyclic) bond motifs is 1. The Labute approximate surface area is 66.0 Å². The summed E-state index contributed by atoms with van der Waals surface area (Å²) in [6.07, 6.45) is 3.56. The molecule has 0 aliphatic heterocycles. The minimum atomic E-state index is 0.0769. The predicted molar refractivity (Wildman–Crippen MR) is 43.2 cm³/mol. The number of nitrogens with two attached hydrogens (primary N) is 1. The van der Waals surface area contributed by atoms with Crippen LogP contribution in [0, 0.1) is 0 Å². The van der Waals surface area contributed by atoms with Crippen LogP contribution in [0.4, 0.5) is 0 Å². The van der Waals surface area contributed by atoms with Crippen molar-refractivity contribution in [3.8, 4) is 0 Å². The van der Waals surface area contributed by atoms with Gasteiger partial charge in [-0.05, 0) is 31.7 Å². The molecule has 0 unspecified atom stereocenters. The molecule has 11 heavy (non-hydrogen) atoms. The predicted octanol–water partition coefficient (Wildman–Crippen LogP) is 0.918. The Morgan fingerprint density at radius 1 is 1.55 bits per heavy atom. The molecule has 0 saturated carbocycles. The molecular weight excluding hydrogens is 138 g/mol. The molecule has 1 atom stereocenters. The lowest BCUT2D eigenvalue weighted by Gasteiger charge is -2.01. The third kappa shape index (κ3) is 0.959. The van der Waals surface area contributed by atoms with Gasteiger partial charge < -0.3 is 5.73 Å². The Morgan fingerprint density at radius 3 is 3.09 bits per heavy atom. The van der Waals surface area contributed by atoms with Crippen molar-refractivity contribution in [2.24, 2.45) is 5.73 Å². The molecule has 0 fully saturated rings.